The zero-order chi connectivity index (χ0) is 24.8. The van der Waals surface area contributed by atoms with E-state index in [1.807, 2.05) is 59.2 Å². The third-order valence-corrected chi connectivity index (χ3v) is 6.36. The van der Waals surface area contributed by atoms with Crippen molar-refractivity contribution in [1.82, 2.24) is 20.2 Å². The molecule has 1 N–H and O–H groups in total. The van der Waals surface area contributed by atoms with Crippen LogP contribution in [0.2, 0.25) is 0 Å². The number of carbonyl (C=O) groups is 1. The largest absolute Gasteiger partial charge is 0.272 e. The van der Waals surface area contributed by atoms with Gasteiger partial charge in [0.1, 0.15) is 0 Å². The van der Waals surface area contributed by atoms with Gasteiger partial charge in [-0.15, -0.1) is 10.2 Å². The van der Waals surface area contributed by atoms with Gasteiger partial charge in [0.05, 0.1) is 16.4 Å². The van der Waals surface area contributed by atoms with Gasteiger partial charge in [0, 0.05) is 33.4 Å². The Labute approximate surface area is 213 Å². The lowest BCUT2D eigenvalue weighted by Gasteiger charge is -2.10. The summed E-state index contributed by atoms with van der Waals surface area (Å²) >= 11 is 4.68. The van der Waals surface area contributed by atoms with Crippen molar-refractivity contribution < 1.29 is 9.72 Å². The average molecular weight is 551 g/mol. The number of hydrazone groups is 1. The van der Waals surface area contributed by atoms with Gasteiger partial charge in [0.2, 0.25) is 0 Å². The molecule has 0 spiro atoms. The lowest BCUT2D eigenvalue weighted by Crippen LogP contribution is -2.21. The van der Waals surface area contributed by atoms with Crippen molar-refractivity contribution in [3.05, 3.63) is 99.0 Å². The van der Waals surface area contributed by atoms with E-state index in [0.29, 0.717) is 22.3 Å². The van der Waals surface area contributed by atoms with Crippen LogP contribution in [0.25, 0.3) is 17.1 Å². The summed E-state index contributed by atoms with van der Waals surface area (Å²) in [6, 6.07) is 23.5. The van der Waals surface area contributed by atoms with Crippen molar-refractivity contribution in [3.8, 4) is 17.1 Å². The summed E-state index contributed by atoms with van der Waals surface area (Å²) < 4.78 is 2.86. The number of nitrogens with one attached hydrogen (secondary N) is 1. The Morgan fingerprint density at radius 1 is 1.09 bits per heavy atom. The molecule has 11 heteroatoms. The van der Waals surface area contributed by atoms with Crippen molar-refractivity contribution in [2.45, 2.75) is 12.1 Å². The quantitative estimate of drug-likeness (QED) is 0.139. The summed E-state index contributed by atoms with van der Waals surface area (Å²) in [6.45, 7) is 1.67. The van der Waals surface area contributed by atoms with Gasteiger partial charge in [-0.1, -0.05) is 70.2 Å². The Hall–Kier alpha value is -3.83. The van der Waals surface area contributed by atoms with Crippen LogP contribution in [0.3, 0.4) is 0 Å². The Bertz CT molecular complexity index is 1390. The normalized spacial score (nSPS) is 11.3. The summed E-state index contributed by atoms with van der Waals surface area (Å²) in [5.41, 5.74) is 5.23. The number of non-ortho nitro benzene ring substituents is 1. The van der Waals surface area contributed by atoms with Crippen LogP contribution in [0, 0.1) is 10.1 Å². The molecule has 0 radical (unpaired) electrons. The number of para-hydroxylation sites is 1. The maximum Gasteiger partial charge on any atom is 0.270 e. The lowest BCUT2D eigenvalue weighted by atomic mass is 10.1. The van der Waals surface area contributed by atoms with E-state index in [4.69, 9.17) is 0 Å². The number of aromatic nitrogens is 3. The molecule has 0 aliphatic rings. The van der Waals surface area contributed by atoms with Crippen LogP contribution in [0.1, 0.15) is 12.5 Å². The second-order valence-corrected chi connectivity index (χ2v) is 9.17. The SMILES string of the molecule is CC(=NNC(=O)CSc1nnc(-c2ccc(Br)cc2)n1-c1ccccc1)c1cccc([N+](=O)[O-])c1. The zero-order valence-electron chi connectivity index (χ0n) is 18.5. The Morgan fingerprint density at radius 2 is 1.83 bits per heavy atom. The van der Waals surface area contributed by atoms with Crippen molar-refractivity contribution in [2.24, 2.45) is 5.10 Å². The maximum absolute atomic E-state index is 12.5. The van der Waals surface area contributed by atoms with Gasteiger partial charge >= 0.3 is 0 Å². The number of rotatable bonds is 8. The molecule has 0 saturated carbocycles. The fraction of sp³-hybridized carbons (Fsp3) is 0.0833. The van der Waals surface area contributed by atoms with E-state index >= 15 is 0 Å². The van der Waals surface area contributed by atoms with Crippen LogP contribution >= 0.6 is 27.7 Å². The zero-order valence-corrected chi connectivity index (χ0v) is 20.9. The van der Waals surface area contributed by atoms with Crippen LogP contribution in [-0.4, -0.2) is 37.1 Å². The van der Waals surface area contributed by atoms with E-state index in [9.17, 15) is 14.9 Å². The van der Waals surface area contributed by atoms with Crippen LogP contribution in [0.5, 0.6) is 0 Å². The van der Waals surface area contributed by atoms with Crippen LogP contribution in [0.4, 0.5) is 5.69 Å². The first-order valence-corrected chi connectivity index (χ1v) is 12.2. The molecule has 0 unspecified atom stereocenters. The van der Waals surface area contributed by atoms with E-state index in [2.05, 4.69) is 36.7 Å². The molecule has 4 rings (SSSR count). The second kappa shape index (κ2) is 11.1. The molecule has 176 valence electrons. The van der Waals surface area contributed by atoms with E-state index < -0.39 is 4.92 Å². The highest BCUT2D eigenvalue weighted by atomic mass is 79.9. The number of nitro groups is 1. The van der Waals surface area contributed by atoms with Crippen molar-refractivity contribution in [1.29, 1.82) is 0 Å². The molecule has 0 aliphatic carbocycles. The number of halogens is 1. The summed E-state index contributed by atoms with van der Waals surface area (Å²) in [6.07, 6.45) is 0. The topological polar surface area (TPSA) is 115 Å². The van der Waals surface area contributed by atoms with Gasteiger partial charge in [0.15, 0.2) is 11.0 Å². The summed E-state index contributed by atoms with van der Waals surface area (Å²) in [5, 5.41) is 24.3. The Morgan fingerprint density at radius 3 is 2.54 bits per heavy atom. The fourth-order valence-corrected chi connectivity index (χ4v) is 4.19. The van der Waals surface area contributed by atoms with Gasteiger partial charge < -0.3 is 0 Å². The molecule has 1 heterocycles. The van der Waals surface area contributed by atoms with Gasteiger partial charge in [0.25, 0.3) is 11.6 Å². The highest BCUT2D eigenvalue weighted by Crippen LogP contribution is 2.28. The number of carbonyl (C=O) groups excluding carboxylic acids is 1. The van der Waals surface area contributed by atoms with Crippen molar-refractivity contribution in [2.75, 3.05) is 5.75 Å². The molecule has 0 aliphatic heterocycles. The van der Waals surface area contributed by atoms with Crippen LogP contribution < -0.4 is 5.43 Å². The van der Waals surface area contributed by atoms with E-state index in [0.717, 1.165) is 15.7 Å². The maximum atomic E-state index is 12.5. The van der Waals surface area contributed by atoms with Crippen molar-refractivity contribution in [3.63, 3.8) is 0 Å². The minimum atomic E-state index is -0.475. The third-order valence-electron chi connectivity index (χ3n) is 4.91. The molecule has 9 nitrogen and oxygen atoms in total. The Kier molecular flexibility index (Phi) is 7.68. The standard InChI is InChI=1S/C24H19BrN6O3S/c1-16(18-6-5-9-21(14-18)31(33)34)26-27-22(32)15-35-24-29-28-23(17-10-12-19(25)13-11-17)30(24)20-7-3-2-4-8-20/h2-14H,15H2,1H3,(H,27,32). The van der Waals surface area contributed by atoms with E-state index in [1.165, 1.54) is 23.9 Å². The predicted molar refractivity (Wildman–Crippen MR) is 139 cm³/mol. The predicted octanol–water partition coefficient (Wildman–Crippen LogP) is 5.24. The minimum absolute atomic E-state index is 0.0410. The number of hydrogen-bond acceptors (Lipinski definition) is 7. The Balaban J connectivity index is 1.50. The molecule has 35 heavy (non-hydrogen) atoms. The molecule has 0 fully saturated rings. The number of thioether (sulfide) groups is 1. The van der Waals surface area contributed by atoms with Gasteiger partial charge in [-0.2, -0.15) is 5.10 Å². The first kappa shape index (κ1) is 24.3. The smallest absolute Gasteiger partial charge is 0.270 e. The third kappa shape index (κ3) is 6.00. The van der Waals surface area contributed by atoms with Gasteiger partial charge in [-0.3, -0.25) is 19.5 Å². The first-order valence-electron chi connectivity index (χ1n) is 10.4. The average Bonchev–Trinajstić information content (AvgIpc) is 3.31. The van der Waals surface area contributed by atoms with E-state index in [1.54, 1.807) is 19.1 Å². The molecular weight excluding hydrogens is 532 g/mol. The molecule has 0 atom stereocenters. The number of nitrogens with zero attached hydrogens (tertiary/aromatic N) is 5. The second-order valence-electron chi connectivity index (χ2n) is 7.31. The summed E-state index contributed by atoms with van der Waals surface area (Å²) in [5.74, 6) is 0.371. The molecule has 1 amide bonds. The minimum Gasteiger partial charge on any atom is -0.272 e. The highest BCUT2D eigenvalue weighted by Gasteiger charge is 2.17. The number of benzene rings is 3. The van der Waals surface area contributed by atoms with Gasteiger partial charge in [-0.25, -0.2) is 5.43 Å². The summed E-state index contributed by atoms with van der Waals surface area (Å²) in [4.78, 5) is 23.0. The molecule has 4 aromatic rings. The number of nitro benzene ring substituents is 1. The van der Waals surface area contributed by atoms with Gasteiger partial charge in [-0.05, 0) is 31.2 Å². The molecule has 1 aromatic heterocycles. The molecule has 0 saturated heterocycles. The molecule has 3 aromatic carbocycles. The fourth-order valence-electron chi connectivity index (χ4n) is 3.18. The number of amides is 1. The molecular formula is C24H19BrN6O3S. The van der Waals surface area contributed by atoms with Crippen molar-refractivity contribution >= 4 is 45.0 Å². The summed E-state index contributed by atoms with van der Waals surface area (Å²) in [7, 11) is 0. The van der Waals surface area contributed by atoms with E-state index in [-0.39, 0.29) is 17.3 Å². The van der Waals surface area contributed by atoms with Crippen LogP contribution in [0.15, 0.2) is 93.6 Å². The lowest BCUT2D eigenvalue weighted by molar-refractivity contribution is -0.384. The van der Waals surface area contributed by atoms with Crippen LogP contribution in [-0.2, 0) is 4.79 Å². The molecule has 0 bridgehead atoms. The number of hydrogen-bond donors (Lipinski definition) is 1. The first-order chi connectivity index (χ1) is 16.9. The monoisotopic (exact) mass is 550 g/mol. The highest BCUT2D eigenvalue weighted by molar-refractivity contribution is 9.10.